The molecule has 0 aliphatic rings. The molecule has 0 saturated carbocycles. The van der Waals surface area contributed by atoms with Crippen molar-refractivity contribution < 1.29 is 23.9 Å². The van der Waals surface area contributed by atoms with E-state index >= 15 is 0 Å². The van der Waals surface area contributed by atoms with Gasteiger partial charge in [-0.25, -0.2) is 9.18 Å². The molecule has 128 valence electrons. The molecule has 0 unspecified atom stereocenters. The smallest absolute Gasteiger partial charge is 0.328 e. The highest BCUT2D eigenvalue weighted by Gasteiger charge is 2.09. The second-order valence-corrected chi connectivity index (χ2v) is 5.23. The summed E-state index contributed by atoms with van der Waals surface area (Å²) in [6, 6.07) is 9.78. The number of carboxylic acid groups (broad SMARTS) is 1. The molecule has 8 heteroatoms. The quantitative estimate of drug-likeness (QED) is 0.711. The lowest BCUT2D eigenvalue weighted by Crippen LogP contribution is -2.13. The van der Waals surface area contributed by atoms with Gasteiger partial charge in [0.15, 0.2) is 0 Å². The molecule has 2 aromatic carbocycles. The van der Waals surface area contributed by atoms with Crippen LogP contribution in [0.5, 0.6) is 0 Å². The number of anilines is 2. The van der Waals surface area contributed by atoms with Gasteiger partial charge in [0.2, 0.25) is 5.91 Å². The van der Waals surface area contributed by atoms with Crippen LogP contribution in [0.3, 0.4) is 0 Å². The predicted molar refractivity (Wildman–Crippen MR) is 91.2 cm³/mol. The molecule has 0 aliphatic carbocycles. The fraction of sp³-hybridized carbons (Fsp3) is 0. The average molecular weight is 363 g/mol. The van der Waals surface area contributed by atoms with Crippen molar-refractivity contribution in [1.29, 1.82) is 0 Å². The first-order valence-corrected chi connectivity index (χ1v) is 7.31. The van der Waals surface area contributed by atoms with Gasteiger partial charge >= 0.3 is 5.97 Å². The molecule has 6 nitrogen and oxygen atoms in total. The van der Waals surface area contributed by atoms with Crippen molar-refractivity contribution in [2.75, 3.05) is 10.6 Å². The number of rotatable bonds is 5. The Bertz CT molecular complexity index is 867. The predicted octanol–water partition coefficient (Wildman–Crippen LogP) is 3.31. The minimum Gasteiger partial charge on any atom is -0.478 e. The van der Waals surface area contributed by atoms with Crippen molar-refractivity contribution >= 4 is 40.8 Å². The Morgan fingerprint density at radius 1 is 1.00 bits per heavy atom. The number of aliphatic carboxylic acids is 1. The normalized spacial score (nSPS) is 10.5. The fourth-order valence-corrected chi connectivity index (χ4v) is 2.03. The third-order valence-corrected chi connectivity index (χ3v) is 3.24. The Balaban J connectivity index is 2.09. The number of carboxylic acids is 1. The fourth-order valence-electron chi connectivity index (χ4n) is 1.85. The lowest BCUT2D eigenvalue weighted by atomic mass is 10.1. The maximum atomic E-state index is 13.1. The molecule has 2 aromatic rings. The van der Waals surface area contributed by atoms with Gasteiger partial charge in [0, 0.05) is 29.1 Å². The molecular formula is C17H12ClFN2O4. The number of nitrogens with one attached hydrogen (secondary N) is 2. The van der Waals surface area contributed by atoms with Crippen LogP contribution in [0.2, 0.25) is 5.02 Å². The SMILES string of the molecule is O=C(O)/C=C/C(=O)Nc1cccc(C(=O)Nc2ccc(F)c(Cl)c2)c1. The van der Waals surface area contributed by atoms with Crippen LogP contribution >= 0.6 is 11.6 Å². The van der Waals surface area contributed by atoms with Gasteiger partial charge in [-0.3, -0.25) is 9.59 Å². The van der Waals surface area contributed by atoms with Crippen molar-refractivity contribution in [1.82, 2.24) is 0 Å². The van der Waals surface area contributed by atoms with Crippen LogP contribution < -0.4 is 10.6 Å². The van der Waals surface area contributed by atoms with Crippen LogP contribution in [-0.2, 0) is 9.59 Å². The Morgan fingerprint density at radius 2 is 1.72 bits per heavy atom. The zero-order valence-electron chi connectivity index (χ0n) is 12.6. The highest BCUT2D eigenvalue weighted by molar-refractivity contribution is 6.31. The van der Waals surface area contributed by atoms with Gasteiger partial charge < -0.3 is 15.7 Å². The molecule has 0 bridgehead atoms. The van der Waals surface area contributed by atoms with Gasteiger partial charge in [-0.1, -0.05) is 17.7 Å². The van der Waals surface area contributed by atoms with E-state index in [0.29, 0.717) is 17.5 Å². The molecule has 0 saturated heterocycles. The number of hydrogen-bond donors (Lipinski definition) is 3. The molecule has 0 fully saturated rings. The number of benzene rings is 2. The van der Waals surface area contributed by atoms with Gasteiger partial charge in [0.25, 0.3) is 5.91 Å². The van der Waals surface area contributed by atoms with E-state index < -0.39 is 23.6 Å². The number of carbonyl (C=O) groups is 3. The third kappa shape index (κ3) is 5.43. The first kappa shape index (κ1) is 18.2. The number of halogens is 2. The first-order chi connectivity index (χ1) is 11.8. The molecule has 0 aromatic heterocycles. The molecule has 2 amide bonds. The van der Waals surface area contributed by atoms with E-state index in [4.69, 9.17) is 16.7 Å². The lowest BCUT2D eigenvalue weighted by molar-refractivity contribution is -0.131. The van der Waals surface area contributed by atoms with Crippen LogP contribution in [-0.4, -0.2) is 22.9 Å². The molecule has 0 aliphatic heterocycles. The van der Waals surface area contributed by atoms with Gasteiger partial charge in [0.05, 0.1) is 5.02 Å². The van der Waals surface area contributed by atoms with E-state index in [1.165, 1.54) is 30.3 Å². The molecule has 0 spiro atoms. The van der Waals surface area contributed by atoms with Crippen molar-refractivity contribution in [2.24, 2.45) is 0 Å². The summed E-state index contributed by atoms with van der Waals surface area (Å²) in [6.45, 7) is 0. The summed E-state index contributed by atoms with van der Waals surface area (Å²) in [4.78, 5) is 34.1. The summed E-state index contributed by atoms with van der Waals surface area (Å²) in [5, 5.41) is 13.3. The van der Waals surface area contributed by atoms with Gasteiger partial charge in [-0.15, -0.1) is 0 Å². The van der Waals surface area contributed by atoms with E-state index in [1.54, 1.807) is 6.07 Å². The van der Waals surface area contributed by atoms with E-state index in [2.05, 4.69) is 10.6 Å². The number of carbonyl (C=O) groups excluding carboxylic acids is 2. The minimum absolute atomic E-state index is 0.121. The van der Waals surface area contributed by atoms with E-state index in [1.807, 2.05) is 0 Å². The summed E-state index contributed by atoms with van der Waals surface area (Å²) in [6.07, 6.45) is 1.56. The molecule has 2 rings (SSSR count). The number of hydrogen-bond acceptors (Lipinski definition) is 3. The first-order valence-electron chi connectivity index (χ1n) is 6.93. The Morgan fingerprint density at radius 3 is 2.40 bits per heavy atom. The maximum absolute atomic E-state index is 13.1. The molecule has 0 atom stereocenters. The van der Waals surface area contributed by atoms with Crippen molar-refractivity contribution in [3.05, 3.63) is 71.0 Å². The molecule has 25 heavy (non-hydrogen) atoms. The van der Waals surface area contributed by atoms with Crippen LogP contribution in [0.1, 0.15) is 10.4 Å². The summed E-state index contributed by atoms with van der Waals surface area (Å²) in [7, 11) is 0. The Labute approximate surface area is 146 Å². The molecule has 0 heterocycles. The largest absolute Gasteiger partial charge is 0.478 e. The highest BCUT2D eigenvalue weighted by Crippen LogP contribution is 2.20. The Kier molecular flexibility index (Phi) is 5.86. The number of amides is 2. The van der Waals surface area contributed by atoms with Crippen LogP contribution in [0, 0.1) is 5.82 Å². The van der Waals surface area contributed by atoms with Crippen LogP contribution in [0.4, 0.5) is 15.8 Å². The van der Waals surface area contributed by atoms with E-state index in [0.717, 1.165) is 12.1 Å². The van der Waals surface area contributed by atoms with Crippen LogP contribution in [0.15, 0.2) is 54.6 Å². The van der Waals surface area contributed by atoms with Crippen molar-refractivity contribution in [2.45, 2.75) is 0 Å². The monoisotopic (exact) mass is 362 g/mol. The zero-order chi connectivity index (χ0) is 18.4. The zero-order valence-corrected chi connectivity index (χ0v) is 13.4. The van der Waals surface area contributed by atoms with Gasteiger partial charge in [-0.2, -0.15) is 0 Å². The third-order valence-electron chi connectivity index (χ3n) is 2.95. The average Bonchev–Trinajstić information content (AvgIpc) is 2.56. The summed E-state index contributed by atoms with van der Waals surface area (Å²) >= 11 is 5.66. The topological polar surface area (TPSA) is 95.5 Å². The molecule has 3 N–H and O–H groups in total. The standard InChI is InChI=1S/C17H12ClFN2O4/c18-13-9-12(4-5-14(13)19)21-17(25)10-2-1-3-11(8-10)20-15(22)6-7-16(23)24/h1-9H,(H,20,22)(H,21,25)(H,23,24)/b7-6+. The lowest BCUT2D eigenvalue weighted by Gasteiger charge is -2.08. The second kappa shape index (κ2) is 8.07. The van der Waals surface area contributed by atoms with Crippen LogP contribution in [0.25, 0.3) is 0 Å². The van der Waals surface area contributed by atoms with E-state index in [9.17, 15) is 18.8 Å². The second-order valence-electron chi connectivity index (χ2n) is 4.82. The summed E-state index contributed by atoms with van der Waals surface area (Å²) in [5.41, 5.74) is 0.862. The summed E-state index contributed by atoms with van der Waals surface area (Å²) in [5.74, 6) is -2.98. The van der Waals surface area contributed by atoms with Gasteiger partial charge in [0.1, 0.15) is 5.82 Å². The molecule has 0 radical (unpaired) electrons. The molecular weight excluding hydrogens is 351 g/mol. The minimum atomic E-state index is -1.25. The van der Waals surface area contributed by atoms with Crippen molar-refractivity contribution in [3.8, 4) is 0 Å². The van der Waals surface area contributed by atoms with E-state index in [-0.39, 0.29) is 10.6 Å². The van der Waals surface area contributed by atoms with Gasteiger partial charge in [-0.05, 0) is 36.4 Å². The highest BCUT2D eigenvalue weighted by atomic mass is 35.5. The Hall–Kier alpha value is -3.19. The maximum Gasteiger partial charge on any atom is 0.328 e. The van der Waals surface area contributed by atoms with Crippen molar-refractivity contribution in [3.63, 3.8) is 0 Å². The summed E-state index contributed by atoms with van der Waals surface area (Å²) < 4.78 is 13.1.